The molecule has 0 aliphatic heterocycles. The van der Waals surface area contributed by atoms with Gasteiger partial charge < -0.3 is 9.15 Å². The van der Waals surface area contributed by atoms with Gasteiger partial charge >= 0.3 is 38.9 Å². The van der Waals surface area contributed by atoms with Crippen molar-refractivity contribution in [2.45, 2.75) is 13.8 Å². The van der Waals surface area contributed by atoms with Crippen LogP contribution in [0.15, 0.2) is 52.9 Å². The molecule has 0 unspecified atom stereocenters. The molecule has 0 atom stereocenters. The van der Waals surface area contributed by atoms with Crippen LogP contribution in [0.4, 0.5) is 25.2 Å². The third-order valence-electron chi connectivity index (χ3n) is 3.29. The molecule has 154 valence electrons. The van der Waals surface area contributed by atoms with Gasteiger partial charge in [-0.15, -0.1) is 0 Å². The molecule has 3 aromatic rings. The zero-order valence-corrected chi connectivity index (χ0v) is 15.9. The van der Waals surface area contributed by atoms with Gasteiger partial charge in [-0.25, -0.2) is 0 Å². The Labute approximate surface area is 156 Å². The van der Waals surface area contributed by atoms with E-state index in [9.17, 15) is 25.2 Å². The Morgan fingerprint density at radius 3 is 1.82 bits per heavy atom. The number of rotatable bonds is 3. The van der Waals surface area contributed by atoms with E-state index in [4.69, 9.17) is 9.15 Å². The molecule has 0 fully saturated rings. The molecule has 0 saturated heterocycles. The summed E-state index contributed by atoms with van der Waals surface area (Å²) in [6.45, 7) is 3.91. The van der Waals surface area contributed by atoms with Crippen molar-refractivity contribution in [2.75, 3.05) is 7.11 Å². The maximum absolute atomic E-state index is 10.7. The topological polar surface area (TPSA) is 39.1 Å². The van der Waals surface area contributed by atoms with Gasteiger partial charge in [-0.1, -0.05) is 17.7 Å². The van der Waals surface area contributed by atoms with E-state index < -0.39 is 7.81 Å². The minimum absolute atomic E-state index is 0.626. The average molecular weight is 426 g/mol. The summed E-state index contributed by atoms with van der Waals surface area (Å²) in [5.74, 6) is 2.16. The molecule has 4 nitrogen and oxygen atoms in total. The second-order valence-corrected chi connectivity index (χ2v) is 7.78. The maximum atomic E-state index is 9.87. The van der Waals surface area contributed by atoms with Crippen molar-refractivity contribution in [3.05, 3.63) is 60.0 Å². The molecular formula is C17H17F6N2O2P. The van der Waals surface area contributed by atoms with Crippen molar-refractivity contribution in [3.63, 3.8) is 0 Å². The zero-order valence-electron chi connectivity index (χ0n) is 15.0. The van der Waals surface area contributed by atoms with E-state index in [0.29, 0.717) is 5.89 Å². The molecule has 2 aromatic carbocycles. The SMILES string of the molecule is COc1ccc(-[n+]2nc(C)oc2-c2ccc(C)cc2)cc1.F[P-](F)(F)(F)(F)F. The molecule has 0 N–H and O–H groups in total. The number of halogens is 6. The van der Waals surface area contributed by atoms with Crippen LogP contribution in [0.2, 0.25) is 0 Å². The van der Waals surface area contributed by atoms with Crippen LogP contribution < -0.4 is 9.42 Å². The zero-order chi connectivity index (χ0) is 21.2. The molecule has 0 saturated carbocycles. The van der Waals surface area contributed by atoms with Crippen molar-refractivity contribution >= 4 is 7.81 Å². The van der Waals surface area contributed by atoms with Gasteiger partial charge in [0.15, 0.2) is 0 Å². The van der Waals surface area contributed by atoms with Crippen LogP contribution in [0.3, 0.4) is 0 Å². The van der Waals surface area contributed by atoms with Crippen LogP contribution in [0.1, 0.15) is 11.5 Å². The van der Waals surface area contributed by atoms with Crippen molar-refractivity contribution in [2.24, 2.45) is 0 Å². The molecule has 0 radical (unpaired) electrons. The predicted octanol–water partition coefficient (Wildman–Crippen LogP) is 6.63. The van der Waals surface area contributed by atoms with Crippen LogP contribution in [0.25, 0.3) is 17.1 Å². The number of hydrogen-bond acceptors (Lipinski definition) is 3. The quantitative estimate of drug-likeness (QED) is 0.268. The molecule has 0 amide bonds. The van der Waals surface area contributed by atoms with E-state index in [-0.39, 0.29) is 0 Å². The van der Waals surface area contributed by atoms with Gasteiger partial charge in [-0.05, 0) is 35.9 Å². The molecule has 11 heteroatoms. The molecule has 28 heavy (non-hydrogen) atoms. The van der Waals surface area contributed by atoms with Crippen LogP contribution in [-0.4, -0.2) is 12.2 Å². The fourth-order valence-corrected chi connectivity index (χ4v) is 2.17. The summed E-state index contributed by atoms with van der Waals surface area (Å²) < 4.78 is 72.0. The summed E-state index contributed by atoms with van der Waals surface area (Å²) in [5, 5.41) is 4.44. The van der Waals surface area contributed by atoms with Gasteiger partial charge in [0.1, 0.15) is 5.75 Å². The van der Waals surface area contributed by atoms with Gasteiger partial charge in [0.25, 0.3) is 5.89 Å². The normalized spacial score (nSPS) is 13.8. The van der Waals surface area contributed by atoms with Gasteiger partial charge in [0.05, 0.1) is 12.7 Å². The predicted molar refractivity (Wildman–Crippen MR) is 93.1 cm³/mol. The number of methoxy groups -OCH3 is 1. The van der Waals surface area contributed by atoms with Gasteiger partial charge in [-0.2, -0.15) is 0 Å². The van der Waals surface area contributed by atoms with Gasteiger partial charge in [-0.3, -0.25) is 0 Å². The van der Waals surface area contributed by atoms with Crippen molar-refractivity contribution in [1.29, 1.82) is 0 Å². The Bertz CT molecular complexity index is 941. The number of aromatic nitrogens is 2. The molecule has 0 bridgehead atoms. The third kappa shape index (κ3) is 7.56. The summed E-state index contributed by atoms with van der Waals surface area (Å²) in [6, 6.07) is 15.9. The molecule has 3 rings (SSSR count). The van der Waals surface area contributed by atoms with Crippen LogP contribution in [-0.2, 0) is 0 Å². The summed E-state index contributed by atoms with van der Waals surface area (Å²) >= 11 is 0. The van der Waals surface area contributed by atoms with Crippen LogP contribution in [0.5, 0.6) is 5.75 Å². The molecule has 0 aliphatic carbocycles. The summed E-state index contributed by atoms with van der Waals surface area (Å²) in [6.07, 6.45) is 0. The van der Waals surface area contributed by atoms with E-state index >= 15 is 0 Å². The van der Waals surface area contributed by atoms with Crippen molar-refractivity contribution in [3.8, 4) is 22.9 Å². The Morgan fingerprint density at radius 1 is 0.857 bits per heavy atom. The number of nitrogens with zero attached hydrogens (tertiary/aromatic N) is 2. The van der Waals surface area contributed by atoms with Crippen molar-refractivity contribution < 1.29 is 39.0 Å². The van der Waals surface area contributed by atoms with Crippen LogP contribution >= 0.6 is 7.81 Å². The molecule has 1 heterocycles. The average Bonchev–Trinajstić information content (AvgIpc) is 2.94. The Kier molecular flexibility index (Phi) is 5.25. The van der Waals surface area contributed by atoms with Gasteiger partial charge in [0.2, 0.25) is 5.69 Å². The Morgan fingerprint density at radius 2 is 1.36 bits per heavy atom. The van der Waals surface area contributed by atoms with E-state index in [0.717, 1.165) is 22.9 Å². The number of ether oxygens (including phenoxy) is 1. The van der Waals surface area contributed by atoms with Gasteiger partial charge in [0, 0.05) is 24.2 Å². The first-order valence-electron chi connectivity index (χ1n) is 7.80. The first kappa shape index (κ1) is 21.7. The van der Waals surface area contributed by atoms with E-state index in [2.05, 4.69) is 24.2 Å². The fourth-order valence-electron chi connectivity index (χ4n) is 2.17. The summed E-state index contributed by atoms with van der Waals surface area (Å²) in [7, 11) is -9.00. The van der Waals surface area contributed by atoms with Crippen LogP contribution in [0, 0.1) is 13.8 Å². The number of aryl methyl sites for hydroxylation is 2. The first-order chi connectivity index (χ1) is 12.6. The van der Waals surface area contributed by atoms with E-state index in [1.54, 1.807) is 11.8 Å². The number of benzene rings is 2. The molecule has 0 spiro atoms. The first-order valence-corrected chi connectivity index (χ1v) is 9.83. The fraction of sp³-hybridized carbons (Fsp3) is 0.176. The third-order valence-corrected chi connectivity index (χ3v) is 3.29. The second-order valence-electron chi connectivity index (χ2n) is 5.86. The van der Waals surface area contributed by atoms with Crippen molar-refractivity contribution in [1.82, 2.24) is 5.10 Å². The molecule has 1 aromatic heterocycles. The minimum atomic E-state index is -10.7. The number of hydrogen-bond donors (Lipinski definition) is 0. The molecular weight excluding hydrogens is 409 g/mol. The van der Waals surface area contributed by atoms with E-state index in [1.165, 1.54) is 5.56 Å². The standard InChI is InChI=1S/C17H17N2O2.F6P/c1-12-4-6-14(7-5-12)17-19(18-13(2)21-17)15-8-10-16(20-3)11-9-15;1-7(2,3,4,5)6/h4-11H,1-3H3;/q+1;-1. The molecule has 0 aliphatic rings. The second kappa shape index (κ2) is 6.77. The Hall–Kier alpha value is -2.61. The Balaban J connectivity index is 0.000000345. The van der Waals surface area contributed by atoms with E-state index in [1.807, 2.05) is 43.3 Å². The summed E-state index contributed by atoms with van der Waals surface area (Å²) in [5.41, 5.74) is 3.14. The monoisotopic (exact) mass is 426 g/mol. The summed E-state index contributed by atoms with van der Waals surface area (Å²) in [4.78, 5) is 0.